The van der Waals surface area contributed by atoms with Crippen LogP contribution in [0.15, 0.2) is 138 Å². The second kappa shape index (κ2) is 9.29. The number of aromatic nitrogens is 4. The molecule has 0 saturated carbocycles. The highest BCUT2D eigenvalue weighted by molar-refractivity contribution is 6.17. The summed E-state index contributed by atoms with van der Waals surface area (Å²) in [5.41, 5.74) is 4.98. The van der Waals surface area contributed by atoms with E-state index in [9.17, 15) is 0 Å². The number of furan rings is 1. The summed E-state index contributed by atoms with van der Waals surface area (Å²) in [6, 6.07) is 43.6. The fourth-order valence-electron chi connectivity index (χ4n) is 6.12. The Hall–Kier alpha value is -5.94. The number of nitrogens with zero attached hydrogens (tertiary/aromatic N) is 4. The third-order valence-corrected chi connectivity index (χ3v) is 8.16. The molecule has 9 aromatic rings. The normalized spacial score (nSPS) is 11.7. The van der Waals surface area contributed by atoms with E-state index in [0.29, 0.717) is 17.5 Å². The van der Waals surface area contributed by atoms with Gasteiger partial charge in [-0.05, 0) is 56.6 Å². The highest BCUT2D eigenvalue weighted by Gasteiger charge is 2.18. The van der Waals surface area contributed by atoms with Gasteiger partial charge < -0.3 is 4.42 Å². The van der Waals surface area contributed by atoms with Crippen LogP contribution in [0.3, 0.4) is 0 Å². The minimum absolute atomic E-state index is 0.576. The Bertz CT molecular complexity index is 2520. The van der Waals surface area contributed by atoms with Crippen LogP contribution in [-0.2, 0) is 0 Å². The van der Waals surface area contributed by atoms with Crippen LogP contribution >= 0.6 is 0 Å². The van der Waals surface area contributed by atoms with E-state index in [1.165, 1.54) is 26.9 Å². The van der Waals surface area contributed by atoms with Crippen molar-refractivity contribution in [3.05, 3.63) is 134 Å². The Morgan fingerprint density at radius 3 is 2.02 bits per heavy atom. The molecule has 0 unspecified atom stereocenters. The van der Waals surface area contributed by atoms with Crippen LogP contribution in [0.5, 0.6) is 0 Å². The lowest BCUT2D eigenvalue weighted by molar-refractivity contribution is 0.668. The molecule has 0 atom stereocenters. The van der Waals surface area contributed by atoms with Crippen molar-refractivity contribution in [2.75, 3.05) is 0 Å². The lowest BCUT2D eigenvalue weighted by atomic mass is 9.96. The molecular weight excluding hydrogens is 528 g/mol. The largest absolute Gasteiger partial charge is 0.454 e. The SMILES string of the molecule is c1ccc(-c2nc(-c3ccc4ccc5c6ccccc6ccc5c4c3)nc(-c3cccc4oc5cccnc5c34)n2)cc1. The van der Waals surface area contributed by atoms with Crippen molar-refractivity contribution in [2.24, 2.45) is 0 Å². The molecule has 3 aromatic heterocycles. The summed E-state index contributed by atoms with van der Waals surface area (Å²) in [4.78, 5) is 19.7. The summed E-state index contributed by atoms with van der Waals surface area (Å²) in [6.45, 7) is 0. The molecule has 0 N–H and O–H groups in total. The number of hydrogen-bond acceptors (Lipinski definition) is 5. The van der Waals surface area contributed by atoms with Gasteiger partial charge >= 0.3 is 0 Å². The summed E-state index contributed by atoms with van der Waals surface area (Å²) in [5, 5.41) is 8.14. The maximum atomic E-state index is 6.13. The maximum absolute atomic E-state index is 6.13. The maximum Gasteiger partial charge on any atom is 0.164 e. The van der Waals surface area contributed by atoms with Gasteiger partial charge in [0.05, 0.1) is 5.39 Å². The fraction of sp³-hybridized carbons (Fsp3) is 0. The first-order valence-corrected chi connectivity index (χ1v) is 14.2. The number of rotatable bonds is 3. The number of pyridine rings is 1. The molecule has 0 amide bonds. The van der Waals surface area contributed by atoms with E-state index in [1.807, 2.05) is 60.7 Å². The second-order valence-corrected chi connectivity index (χ2v) is 10.7. The second-order valence-electron chi connectivity index (χ2n) is 10.7. The standard InChI is InChI=1S/C38H22N4O/c1-2-9-25(10-3-1)36-40-37(42-38(41-36)30-12-6-13-32-34(30)35-33(43-32)14-7-21-39-35)26-16-15-24-18-19-28-27-11-5-4-8-23(27)17-20-29(28)31(24)22-26/h1-22H. The number of hydrogen-bond donors (Lipinski definition) is 0. The van der Waals surface area contributed by atoms with Crippen molar-refractivity contribution in [3.8, 4) is 34.2 Å². The molecule has 0 aliphatic rings. The molecule has 3 heterocycles. The first-order chi connectivity index (χ1) is 21.3. The highest BCUT2D eigenvalue weighted by Crippen LogP contribution is 2.37. The number of fused-ring (bicyclic) bond motifs is 8. The molecular formula is C38H22N4O. The zero-order chi connectivity index (χ0) is 28.3. The van der Waals surface area contributed by atoms with E-state index >= 15 is 0 Å². The molecule has 0 fully saturated rings. The summed E-state index contributed by atoms with van der Waals surface area (Å²) in [7, 11) is 0. The van der Waals surface area contributed by atoms with Crippen molar-refractivity contribution >= 4 is 54.4 Å². The van der Waals surface area contributed by atoms with E-state index in [4.69, 9.17) is 19.4 Å². The predicted molar refractivity (Wildman–Crippen MR) is 174 cm³/mol. The van der Waals surface area contributed by atoms with Gasteiger partial charge in [-0.15, -0.1) is 0 Å². The van der Waals surface area contributed by atoms with Gasteiger partial charge in [-0.25, -0.2) is 15.0 Å². The molecule has 6 aromatic carbocycles. The zero-order valence-corrected chi connectivity index (χ0v) is 22.9. The summed E-state index contributed by atoms with van der Waals surface area (Å²) in [5.74, 6) is 1.80. The Balaban J connectivity index is 1.31. The molecule has 0 spiro atoms. The van der Waals surface area contributed by atoms with Crippen LogP contribution in [0.1, 0.15) is 0 Å². The van der Waals surface area contributed by atoms with Crippen LogP contribution in [0.2, 0.25) is 0 Å². The van der Waals surface area contributed by atoms with Crippen LogP contribution in [0, 0.1) is 0 Å². The van der Waals surface area contributed by atoms with Crippen LogP contribution in [0.25, 0.3) is 88.5 Å². The van der Waals surface area contributed by atoms with Gasteiger partial charge in [0.2, 0.25) is 0 Å². The Morgan fingerprint density at radius 1 is 0.442 bits per heavy atom. The average molecular weight is 551 g/mol. The smallest absolute Gasteiger partial charge is 0.164 e. The van der Waals surface area contributed by atoms with E-state index in [1.54, 1.807) is 6.20 Å². The average Bonchev–Trinajstić information content (AvgIpc) is 3.47. The van der Waals surface area contributed by atoms with E-state index in [0.717, 1.165) is 44.1 Å². The molecule has 0 radical (unpaired) electrons. The molecule has 5 heteroatoms. The fourth-order valence-corrected chi connectivity index (χ4v) is 6.12. The molecule has 0 aliphatic heterocycles. The Morgan fingerprint density at radius 2 is 1.14 bits per heavy atom. The van der Waals surface area contributed by atoms with Crippen LogP contribution < -0.4 is 0 Å². The quantitative estimate of drug-likeness (QED) is 0.205. The molecule has 9 rings (SSSR count). The first kappa shape index (κ1) is 23.7. The van der Waals surface area contributed by atoms with Gasteiger partial charge in [-0.3, -0.25) is 4.98 Å². The topological polar surface area (TPSA) is 64.7 Å². The minimum Gasteiger partial charge on any atom is -0.454 e. The number of benzene rings is 6. The summed E-state index contributed by atoms with van der Waals surface area (Å²) >= 11 is 0. The van der Waals surface area contributed by atoms with Crippen LogP contribution in [-0.4, -0.2) is 19.9 Å². The lowest BCUT2D eigenvalue weighted by Gasteiger charge is -2.11. The first-order valence-electron chi connectivity index (χ1n) is 14.2. The third-order valence-electron chi connectivity index (χ3n) is 8.16. The monoisotopic (exact) mass is 550 g/mol. The molecule has 0 aliphatic carbocycles. The van der Waals surface area contributed by atoms with Crippen LogP contribution in [0.4, 0.5) is 0 Å². The zero-order valence-electron chi connectivity index (χ0n) is 22.9. The molecule has 0 bridgehead atoms. The van der Waals surface area contributed by atoms with Gasteiger partial charge in [-0.1, -0.05) is 103 Å². The van der Waals surface area contributed by atoms with E-state index in [-0.39, 0.29) is 0 Å². The Kier molecular flexibility index (Phi) is 5.13. The molecule has 43 heavy (non-hydrogen) atoms. The predicted octanol–water partition coefficient (Wildman–Crippen LogP) is 9.63. The van der Waals surface area contributed by atoms with Crippen molar-refractivity contribution in [2.45, 2.75) is 0 Å². The molecule has 0 saturated heterocycles. The Labute approximate surface area is 246 Å². The van der Waals surface area contributed by atoms with Gasteiger partial charge in [0, 0.05) is 22.9 Å². The van der Waals surface area contributed by atoms with Crippen molar-refractivity contribution in [1.29, 1.82) is 0 Å². The van der Waals surface area contributed by atoms with Gasteiger partial charge in [0.15, 0.2) is 23.1 Å². The van der Waals surface area contributed by atoms with Gasteiger partial charge in [0.1, 0.15) is 11.1 Å². The van der Waals surface area contributed by atoms with Gasteiger partial charge in [0.25, 0.3) is 0 Å². The summed E-state index contributed by atoms with van der Waals surface area (Å²) in [6.07, 6.45) is 1.78. The van der Waals surface area contributed by atoms with Crippen molar-refractivity contribution in [1.82, 2.24) is 19.9 Å². The van der Waals surface area contributed by atoms with Crippen molar-refractivity contribution in [3.63, 3.8) is 0 Å². The highest BCUT2D eigenvalue weighted by atomic mass is 16.3. The molecule has 5 nitrogen and oxygen atoms in total. The van der Waals surface area contributed by atoms with Gasteiger partial charge in [-0.2, -0.15) is 0 Å². The minimum atomic E-state index is 0.576. The van der Waals surface area contributed by atoms with E-state index in [2.05, 4.69) is 71.7 Å². The van der Waals surface area contributed by atoms with Crippen molar-refractivity contribution < 1.29 is 4.42 Å². The third kappa shape index (κ3) is 3.79. The van der Waals surface area contributed by atoms with E-state index < -0.39 is 0 Å². The molecule has 200 valence electrons. The summed E-state index contributed by atoms with van der Waals surface area (Å²) < 4.78 is 6.13. The lowest BCUT2D eigenvalue weighted by Crippen LogP contribution is -2.00.